The molecule has 0 saturated carbocycles. The number of carbonyl (C=O) groups excluding carboxylic acids is 1. The zero-order valence-corrected chi connectivity index (χ0v) is 16.8. The van der Waals surface area contributed by atoms with E-state index in [2.05, 4.69) is 22.1 Å². The average Bonchev–Trinajstić information content (AvgIpc) is 3.24. The Morgan fingerprint density at radius 3 is 2.31 bits per heavy atom. The number of anilines is 1. The maximum Gasteiger partial charge on any atom is 0.257 e. The molecular formula is C23H27N5O. The molecule has 0 atom stereocenters. The SMILES string of the molecule is O=C(c1cnn2c(-c3ccc(N4CCCCC4)nc3)cccc12)N1CCCCC1. The highest BCUT2D eigenvalue weighted by atomic mass is 16.2. The van der Waals surface area contributed by atoms with Crippen LogP contribution in [0.15, 0.2) is 42.7 Å². The molecule has 3 aromatic rings. The van der Waals surface area contributed by atoms with Gasteiger partial charge in [-0.25, -0.2) is 9.50 Å². The summed E-state index contributed by atoms with van der Waals surface area (Å²) in [6, 6.07) is 10.2. The Kier molecular flexibility index (Phi) is 4.92. The first-order valence-electron chi connectivity index (χ1n) is 10.8. The maximum absolute atomic E-state index is 13.0. The van der Waals surface area contributed by atoms with Gasteiger partial charge in [0.25, 0.3) is 5.91 Å². The van der Waals surface area contributed by atoms with Crippen molar-refractivity contribution in [2.75, 3.05) is 31.1 Å². The fourth-order valence-electron chi connectivity index (χ4n) is 4.51. The first-order valence-corrected chi connectivity index (χ1v) is 10.8. The molecule has 2 fully saturated rings. The first kappa shape index (κ1) is 18.2. The second kappa shape index (κ2) is 7.85. The van der Waals surface area contributed by atoms with E-state index < -0.39 is 0 Å². The molecule has 1 amide bonds. The third-order valence-electron chi connectivity index (χ3n) is 6.14. The molecule has 0 unspecified atom stereocenters. The summed E-state index contributed by atoms with van der Waals surface area (Å²) >= 11 is 0. The van der Waals surface area contributed by atoms with Gasteiger partial charge in [0.2, 0.25) is 0 Å². The van der Waals surface area contributed by atoms with E-state index in [1.54, 1.807) is 6.20 Å². The largest absolute Gasteiger partial charge is 0.357 e. The minimum atomic E-state index is 0.0930. The van der Waals surface area contributed by atoms with Crippen molar-refractivity contribution in [1.29, 1.82) is 0 Å². The number of amides is 1. The zero-order chi connectivity index (χ0) is 19.6. The maximum atomic E-state index is 13.0. The number of piperidine rings is 2. The van der Waals surface area contributed by atoms with E-state index in [4.69, 9.17) is 4.98 Å². The van der Waals surface area contributed by atoms with E-state index in [1.807, 2.05) is 33.8 Å². The summed E-state index contributed by atoms with van der Waals surface area (Å²) in [5.74, 6) is 1.14. The van der Waals surface area contributed by atoms with Crippen LogP contribution in [0.2, 0.25) is 0 Å². The van der Waals surface area contributed by atoms with Gasteiger partial charge in [-0.05, 0) is 62.8 Å². The molecule has 29 heavy (non-hydrogen) atoms. The average molecular weight is 390 g/mol. The normalized spacial score (nSPS) is 17.7. The highest BCUT2D eigenvalue weighted by Crippen LogP contribution is 2.25. The molecule has 0 spiro atoms. The van der Waals surface area contributed by atoms with Gasteiger partial charge in [0.15, 0.2) is 0 Å². The molecular weight excluding hydrogens is 362 g/mol. The lowest BCUT2D eigenvalue weighted by molar-refractivity contribution is 0.0726. The van der Waals surface area contributed by atoms with Crippen molar-refractivity contribution >= 4 is 17.2 Å². The monoisotopic (exact) mass is 389 g/mol. The van der Waals surface area contributed by atoms with Crippen molar-refractivity contribution in [3.8, 4) is 11.3 Å². The number of aromatic nitrogens is 3. The van der Waals surface area contributed by atoms with Gasteiger partial charge >= 0.3 is 0 Å². The van der Waals surface area contributed by atoms with Gasteiger partial charge in [-0.3, -0.25) is 4.79 Å². The summed E-state index contributed by atoms with van der Waals surface area (Å²) in [6.07, 6.45) is 10.8. The lowest BCUT2D eigenvalue weighted by Crippen LogP contribution is -2.35. The molecule has 3 aromatic heterocycles. The molecule has 0 radical (unpaired) electrons. The number of fused-ring (bicyclic) bond motifs is 1. The Labute approximate surface area is 171 Å². The highest BCUT2D eigenvalue weighted by molar-refractivity contribution is 6.01. The molecule has 0 bridgehead atoms. The van der Waals surface area contributed by atoms with Crippen LogP contribution in [-0.2, 0) is 0 Å². The number of likely N-dealkylation sites (tertiary alicyclic amines) is 1. The second-order valence-electron chi connectivity index (χ2n) is 8.07. The summed E-state index contributed by atoms with van der Waals surface area (Å²) in [6.45, 7) is 3.86. The Balaban J connectivity index is 1.45. The molecule has 0 aromatic carbocycles. The van der Waals surface area contributed by atoms with Crippen molar-refractivity contribution in [2.24, 2.45) is 0 Å². The Bertz CT molecular complexity index is 998. The van der Waals surface area contributed by atoms with E-state index >= 15 is 0 Å². The second-order valence-corrected chi connectivity index (χ2v) is 8.07. The molecule has 6 heteroatoms. The highest BCUT2D eigenvalue weighted by Gasteiger charge is 2.22. The van der Waals surface area contributed by atoms with Gasteiger partial charge in [-0.15, -0.1) is 0 Å². The van der Waals surface area contributed by atoms with Crippen molar-refractivity contribution in [1.82, 2.24) is 19.5 Å². The Hall–Kier alpha value is -2.89. The number of carbonyl (C=O) groups is 1. The number of rotatable bonds is 3. The van der Waals surface area contributed by atoms with Crippen LogP contribution in [-0.4, -0.2) is 51.6 Å². The van der Waals surface area contributed by atoms with Crippen LogP contribution in [0.5, 0.6) is 0 Å². The molecule has 2 saturated heterocycles. The molecule has 0 aliphatic carbocycles. The summed E-state index contributed by atoms with van der Waals surface area (Å²) in [4.78, 5) is 22.0. The predicted molar refractivity (Wildman–Crippen MR) is 114 cm³/mol. The third-order valence-corrected chi connectivity index (χ3v) is 6.14. The van der Waals surface area contributed by atoms with E-state index in [-0.39, 0.29) is 5.91 Å². The van der Waals surface area contributed by atoms with Crippen LogP contribution in [0.3, 0.4) is 0 Å². The fraction of sp³-hybridized carbons (Fsp3) is 0.435. The molecule has 5 heterocycles. The number of pyridine rings is 2. The van der Waals surface area contributed by atoms with Crippen LogP contribution in [0, 0.1) is 0 Å². The number of hydrogen-bond acceptors (Lipinski definition) is 4. The van der Waals surface area contributed by atoms with E-state index in [0.29, 0.717) is 5.56 Å². The lowest BCUT2D eigenvalue weighted by Gasteiger charge is -2.27. The summed E-state index contributed by atoms with van der Waals surface area (Å²) < 4.78 is 1.87. The van der Waals surface area contributed by atoms with E-state index in [9.17, 15) is 4.79 Å². The van der Waals surface area contributed by atoms with Crippen LogP contribution in [0.1, 0.15) is 48.9 Å². The van der Waals surface area contributed by atoms with Gasteiger partial charge in [0.05, 0.1) is 23.0 Å². The van der Waals surface area contributed by atoms with Gasteiger partial charge in [0.1, 0.15) is 5.82 Å². The van der Waals surface area contributed by atoms with Crippen molar-refractivity contribution in [3.63, 3.8) is 0 Å². The van der Waals surface area contributed by atoms with Gasteiger partial charge in [-0.2, -0.15) is 5.10 Å². The smallest absolute Gasteiger partial charge is 0.257 e. The quantitative estimate of drug-likeness (QED) is 0.679. The van der Waals surface area contributed by atoms with Crippen LogP contribution < -0.4 is 4.90 Å². The summed E-state index contributed by atoms with van der Waals surface area (Å²) in [7, 11) is 0. The van der Waals surface area contributed by atoms with E-state index in [1.165, 1.54) is 25.7 Å². The minimum Gasteiger partial charge on any atom is -0.357 e. The standard InChI is InChI=1S/C23H27N5O/c29-23(27-14-5-2-6-15-27)19-17-25-28-20(8-7-9-21(19)28)18-10-11-22(24-16-18)26-12-3-1-4-13-26/h7-11,16-17H,1-6,12-15H2. The van der Waals surface area contributed by atoms with E-state index in [0.717, 1.165) is 61.6 Å². The molecule has 150 valence electrons. The fourth-order valence-corrected chi connectivity index (χ4v) is 4.51. The van der Waals surface area contributed by atoms with Crippen LogP contribution in [0.25, 0.3) is 16.8 Å². The van der Waals surface area contributed by atoms with Crippen molar-refractivity contribution < 1.29 is 4.79 Å². The molecule has 2 aliphatic heterocycles. The number of nitrogens with zero attached hydrogens (tertiary/aromatic N) is 5. The third kappa shape index (κ3) is 3.48. The van der Waals surface area contributed by atoms with Crippen molar-refractivity contribution in [2.45, 2.75) is 38.5 Å². The molecule has 5 rings (SSSR count). The van der Waals surface area contributed by atoms with Crippen molar-refractivity contribution in [3.05, 3.63) is 48.3 Å². The molecule has 2 aliphatic rings. The van der Waals surface area contributed by atoms with Gasteiger partial charge in [-0.1, -0.05) is 6.07 Å². The summed E-state index contributed by atoms with van der Waals surface area (Å²) in [5.41, 5.74) is 3.51. The molecule has 6 nitrogen and oxygen atoms in total. The molecule has 0 N–H and O–H groups in total. The number of hydrogen-bond donors (Lipinski definition) is 0. The van der Waals surface area contributed by atoms with Gasteiger partial charge < -0.3 is 9.80 Å². The topological polar surface area (TPSA) is 53.7 Å². The Morgan fingerprint density at radius 2 is 1.59 bits per heavy atom. The Morgan fingerprint density at radius 1 is 0.828 bits per heavy atom. The lowest BCUT2D eigenvalue weighted by atomic mass is 10.1. The van der Waals surface area contributed by atoms with Crippen LogP contribution in [0.4, 0.5) is 5.82 Å². The first-order chi connectivity index (χ1) is 14.3. The van der Waals surface area contributed by atoms with Crippen LogP contribution >= 0.6 is 0 Å². The summed E-state index contributed by atoms with van der Waals surface area (Å²) in [5, 5.41) is 4.55. The zero-order valence-electron chi connectivity index (χ0n) is 16.8. The minimum absolute atomic E-state index is 0.0930. The van der Waals surface area contributed by atoms with Gasteiger partial charge in [0, 0.05) is 37.9 Å². The predicted octanol–water partition coefficient (Wildman–Crippen LogP) is 4.01.